The van der Waals surface area contributed by atoms with Crippen LogP contribution in [0.1, 0.15) is 34.3 Å². The number of rotatable bonds is 2. The van der Waals surface area contributed by atoms with Crippen LogP contribution in [0.3, 0.4) is 0 Å². The van der Waals surface area contributed by atoms with E-state index in [2.05, 4.69) is 41.3 Å². The highest BCUT2D eigenvalue weighted by Crippen LogP contribution is 2.24. The summed E-state index contributed by atoms with van der Waals surface area (Å²) >= 11 is 0. The van der Waals surface area contributed by atoms with E-state index in [1.165, 1.54) is 29.7 Å². The van der Waals surface area contributed by atoms with Crippen LogP contribution in [0.5, 0.6) is 0 Å². The Morgan fingerprint density at radius 2 is 1.62 bits per heavy atom. The Labute approximate surface area is 143 Å². The molecule has 24 heavy (non-hydrogen) atoms. The van der Waals surface area contributed by atoms with Gasteiger partial charge >= 0.3 is 0 Å². The third kappa shape index (κ3) is 3.03. The first-order valence-electron chi connectivity index (χ1n) is 9.02. The van der Waals surface area contributed by atoms with Crippen LogP contribution in [0.2, 0.25) is 0 Å². The van der Waals surface area contributed by atoms with Gasteiger partial charge in [0.2, 0.25) is 0 Å². The Kier molecular flexibility index (Phi) is 4.24. The minimum absolute atomic E-state index is 0.194. The SMILES string of the molecule is O=C(c1ccc2c(c1)CCC2)N1CCCN(c2ccccc2)CC1. The lowest BCUT2D eigenvalue weighted by molar-refractivity contribution is 0.0767. The summed E-state index contributed by atoms with van der Waals surface area (Å²) in [5.74, 6) is 0.194. The van der Waals surface area contributed by atoms with Gasteiger partial charge in [-0.25, -0.2) is 0 Å². The van der Waals surface area contributed by atoms with E-state index in [1.807, 2.05) is 17.0 Å². The molecule has 1 saturated heterocycles. The number of hydrogen-bond donors (Lipinski definition) is 0. The van der Waals surface area contributed by atoms with Gasteiger partial charge in [0.15, 0.2) is 0 Å². The smallest absolute Gasteiger partial charge is 0.253 e. The number of carbonyl (C=O) groups excluding carboxylic acids is 1. The van der Waals surface area contributed by atoms with Crippen molar-refractivity contribution in [2.24, 2.45) is 0 Å². The lowest BCUT2D eigenvalue weighted by Gasteiger charge is -2.24. The third-order valence-corrected chi connectivity index (χ3v) is 5.25. The van der Waals surface area contributed by atoms with E-state index in [-0.39, 0.29) is 5.91 Å². The van der Waals surface area contributed by atoms with Gasteiger partial charge < -0.3 is 9.80 Å². The van der Waals surface area contributed by atoms with Gasteiger partial charge in [-0.05, 0) is 61.1 Å². The van der Waals surface area contributed by atoms with Gasteiger partial charge in [-0.15, -0.1) is 0 Å². The van der Waals surface area contributed by atoms with E-state index in [4.69, 9.17) is 0 Å². The molecule has 0 atom stereocenters. The van der Waals surface area contributed by atoms with Crippen molar-refractivity contribution in [1.29, 1.82) is 0 Å². The molecule has 1 aliphatic heterocycles. The Morgan fingerprint density at radius 3 is 2.50 bits per heavy atom. The summed E-state index contributed by atoms with van der Waals surface area (Å²) < 4.78 is 0. The number of hydrogen-bond acceptors (Lipinski definition) is 2. The number of benzene rings is 2. The second-order valence-electron chi connectivity index (χ2n) is 6.81. The summed E-state index contributed by atoms with van der Waals surface area (Å²) in [6.07, 6.45) is 4.53. The fraction of sp³-hybridized carbons (Fsp3) is 0.381. The van der Waals surface area contributed by atoms with E-state index in [0.717, 1.165) is 44.6 Å². The number of aryl methyl sites for hydroxylation is 2. The number of amides is 1. The van der Waals surface area contributed by atoms with Crippen LogP contribution in [0.25, 0.3) is 0 Å². The van der Waals surface area contributed by atoms with Crippen molar-refractivity contribution in [3.8, 4) is 0 Å². The lowest BCUT2D eigenvalue weighted by atomic mass is 10.1. The van der Waals surface area contributed by atoms with Crippen LogP contribution >= 0.6 is 0 Å². The molecule has 0 saturated carbocycles. The predicted octanol–water partition coefficient (Wildman–Crippen LogP) is 3.53. The molecule has 1 amide bonds. The second-order valence-corrected chi connectivity index (χ2v) is 6.81. The minimum Gasteiger partial charge on any atom is -0.370 e. The predicted molar refractivity (Wildman–Crippen MR) is 97.6 cm³/mol. The first-order valence-corrected chi connectivity index (χ1v) is 9.02. The summed E-state index contributed by atoms with van der Waals surface area (Å²) in [7, 11) is 0. The second kappa shape index (κ2) is 6.68. The number of carbonyl (C=O) groups is 1. The lowest BCUT2D eigenvalue weighted by Crippen LogP contribution is -2.35. The average molecular weight is 320 g/mol. The topological polar surface area (TPSA) is 23.6 Å². The quantitative estimate of drug-likeness (QED) is 0.845. The summed E-state index contributed by atoms with van der Waals surface area (Å²) in [6.45, 7) is 3.56. The Hall–Kier alpha value is -2.29. The first-order chi connectivity index (χ1) is 11.8. The average Bonchev–Trinajstić information content (AvgIpc) is 2.96. The highest BCUT2D eigenvalue weighted by Gasteiger charge is 2.22. The molecule has 124 valence electrons. The van der Waals surface area contributed by atoms with E-state index in [9.17, 15) is 4.79 Å². The molecule has 0 unspecified atom stereocenters. The van der Waals surface area contributed by atoms with Gasteiger partial charge in [0.1, 0.15) is 0 Å². The summed E-state index contributed by atoms with van der Waals surface area (Å²) in [4.78, 5) is 17.3. The zero-order valence-corrected chi connectivity index (χ0v) is 14.1. The molecule has 0 bridgehead atoms. The number of fused-ring (bicyclic) bond motifs is 1. The van der Waals surface area contributed by atoms with Gasteiger partial charge in [0, 0.05) is 37.4 Å². The van der Waals surface area contributed by atoms with Gasteiger partial charge in [0.05, 0.1) is 0 Å². The summed E-state index contributed by atoms with van der Waals surface area (Å²) in [5.41, 5.74) is 4.92. The molecule has 1 heterocycles. The van der Waals surface area contributed by atoms with Crippen molar-refractivity contribution in [1.82, 2.24) is 4.90 Å². The van der Waals surface area contributed by atoms with Gasteiger partial charge in [-0.2, -0.15) is 0 Å². The molecule has 1 fully saturated rings. The van der Waals surface area contributed by atoms with Gasteiger partial charge in [-0.1, -0.05) is 24.3 Å². The van der Waals surface area contributed by atoms with Crippen molar-refractivity contribution in [2.45, 2.75) is 25.7 Å². The molecule has 2 aromatic carbocycles. The molecule has 2 aliphatic rings. The molecule has 0 N–H and O–H groups in total. The monoisotopic (exact) mass is 320 g/mol. The van der Waals surface area contributed by atoms with Gasteiger partial charge in [-0.3, -0.25) is 4.79 Å². The van der Waals surface area contributed by atoms with Crippen molar-refractivity contribution >= 4 is 11.6 Å². The Balaban J connectivity index is 1.46. The van der Waals surface area contributed by atoms with Crippen LogP contribution in [-0.4, -0.2) is 37.0 Å². The molecule has 2 aromatic rings. The largest absolute Gasteiger partial charge is 0.370 e. The molecule has 0 radical (unpaired) electrons. The maximum atomic E-state index is 12.9. The summed E-state index contributed by atoms with van der Waals surface area (Å²) in [5, 5.41) is 0. The standard InChI is InChI=1S/C21H24N2O/c24-21(19-11-10-17-6-4-7-18(17)16-19)23-13-5-12-22(14-15-23)20-8-2-1-3-9-20/h1-3,8-11,16H,4-7,12-15H2. The third-order valence-electron chi connectivity index (χ3n) is 5.25. The van der Waals surface area contributed by atoms with Crippen LogP contribution in [-0.2, 0) is 12.8 Å². The summed E-state index contributed by atoms with van der Waals surface area (Å²) in [6, 6.07) is 16.8. The first kappa shape index (κ1) is 15.3. The Morgan fingerprint density at radius 1 is 0.792 bits per heavy atom. The van der Waals surface area contributed by atoms with E-state index >= 15 is 0 Å². The molecule has 1 aliphatic carbocycles. The molecule has 3 nitrogen and oxygen atoms in total. The van der Waals surface area contributed by atoms with Crippen LogP contribution < -0.4 is 4.90 Å². The van der Waals surface area contributed by atoms with E-state index < -0.39 is 0 Å². The highest BCUT2D eigenvalue weighted by molar-refractivity contribution is 5.94. The molecule has 0 spiro atoms. The van der Waals surface area contributed by atoms with Crippen molar-refractivity contribution < 1.29 is 4.79 Å². The van der Waals surface area contributed by atoms with E-state index in [1.54, 1.807) is 0 Å². The van der Waals surface area contributed by atoms with Crippen molar-refractivity contribution in [2.75, 3.05) is 31.1 Å². The van der Waals surface area contributed by atoms with Gasteiger partial charge in [0.25, 0.3) is 5.91 Å². The fourth-order valence-electron chi connectivity index (χ4n) is 3.90. The normalized spacial score (nSPS) is 17.5. The van der Waals surface area contributed by atoms with Crippen LogP contribution in [0, 0.1) is 0 Å². The van der Waals surface area contributed by atoms with E-state index in [0.29, 0.717) is 0 Å². The maximum absolute atomic E-state index is 12.9. The molecule has 3 heteroatoms. The van der Waals surface area contributed by atoms with Crippen molar-refractivity contribution in [3.63, 3.8) is 0 Å². The molecule has 4 rings (SSSR count). The van der Waals surface area contributed by atoms with Crippen molar-refractivity contribution in [3.05, 3.63) is 65.2 Å². The molecular weight excluding hydrogens is 296 g/mol. The number of nitrogens with zero attached hydrogens (tertiary/aromatic N) is 2. The zero-order chi connectivity index (χ0) is 16.4. The maximum Gasteiger partial charge on any atom is 0.253 e. The molecular formula is C21H24N2O. The molecule has 0 aromatic heterocycles. The highest BCUT2D eigenvalue weighted by atomic mass is 16.2. The minimum atomic E-state index is 0.194. The number of para-hydroxylation sites is 1. The Bertz CT molecular complexity index is 726. The van der Waals surface area contributed by atoms with Crippen LogP contribution in [0.4, 0.5) is 5.69 Å². The zero-order valence-electron chi connectivity index (χ0n) is 14.1. The fourth-order valence-corrected chi connectivity index (χ4v) is 3.90. The van der Waals surface area contributed by atoms with Crippen LogP contribution in [0.15, 0.2) is 48.5 Å². The number of anilines is 1.